The maximum atomic E-state index is 12.8. The van der Waals surface area contributed by atoms with E-state index in [-0.39, 0.29) is 33.7 Å². The van der Waals surface area contributed by atoms with Crippen LogP contribution in [-0.2, 0) is 12.6 Å². The summed E-state index contributed by atoms with van der Waals surface area (Å²) in [4.78, 5) is 17.2. The fourth-order valence-corrected chi connectivity index (χ4v) is 3.36. The van der Waals surface area contributed by atoms with Gasteiger partial charge < -0.3 is 4.52 Å². The molecule has 27 heavy (non-hydrogen) atoms. The summed E-state index contributed by atoms with van der Waals surface area (Å²) in [5.74, 6) is -0.325. The molecule has 4 rings (SSSR count). The molecule has 0 aromatic carbocycles. The average Bonchev–Trinajstić information content (AvgIpc) is 3.22. The van der Waals surface area contributed by atoms with Gasteiger partial charge in [0.25, 0.3) is 11.6 Å². The molecule has 1 fully saturated rings. The van der Waals surface area contributed by atoms with E-state index in [0.29, 0.717) is 17.5 Å². The molecule has 0 unspecified atom stereocenters. The van der Waals surface area contributed by atoms with E-state index >= 15 is 0 Å². The summed E-state index contributed by atoms with van der Waals surface area (Å²) in [5.41, 5.74) is 1.86. The van der Waals surface area contributed by atoms with Crippen molar-refractivity contribution in [2.75, 3.05) is 5.32 Å². The molecule has 142 valence electrons. The number of carbonyl (C=O) groups excluding carboxylic acids is 1. The Kier molecular flexibility index (Phi) is 4.33. The van der Waals surface area contributed by atoms with Gasteiger partial charge in [0.05, 0.1) is 16.6 Å². The van der Waals surface area contributed by atoms with Crippen molar-refractivity contribution in [3.63, 3.8) is 0 Å². The smallest absolute Gasteiger partial charge is 0.336 e. The summed E-state index contributed by atoms with van der Waals surface area (Å²) in [6.45, 7) is 1.96. The number of aromatic nitrogens is 4. The summed E-state index contributed by atoms with van der Waals surface area (Å²) in [6, 6.07) is 1.66. The van der Waals surface area contributed by atoms with Crippen molar-refractivity contribution in [2.45, 2.75) is 44.7 Å². The quantitative estimate of drug-likeness (QED) is 0.694. The van der Waals surface area contributed by atoms with Gasteiger partial charge in [-0.3, -0.25) is 10.1 Å². The van der Waals surface area contributed by atoms with Crippen LogP contribution in [-0.4, -0.2) is 26.2 Å². The standard InChI is InChI=1S/C16H14F3N5O2S/c1-2-3-9-11-8(6-10(7-4-5-7)20-13(11)26-24-9)12(25)21-15-23-22-14(27-15)16(17,18)19/h6-7H,2-5H2,1H3,(H,21,23,25). The molecule has 0 aliphatic heterocycles. The normalized spacial score (nSPS) is 14.7. The lowest BCUT2D eigenvalue weighted by atomic mass is 10.1. The number of rotatable bonds is 5. The van der Waals surface area contributed by atoms with Crippen molar-refractivity contribution in [1.29, 1.82) is 0 Å². The summed E-state index contributed by atoms with van der Waals surface area (Å²) in [6.07, 6.45) is -1.28. The molecule has 1 N–H and O–H groups in total. The van der Waals surface area contributed by atoms with Gasteiger partial charge in [-0.1, -0.05) is 29.8 Å². The zero-order valence-corrected chi connectivity index (χ0v) is 14.9. The number of amides is 1. The Bertz CT molecular complexity index is 1010. The van der Waals surface area contributed by atoms with Crippen molar-refractivity contribution < 1.29 is 22.5 Å². The Balaban J connectivity index is 1.71. The lowest BCUT2D eigenvalue weighted by Crippen LogP contribution is -2.13. The third-order valence-electron chi connectivity index (χ3n) is 4.15. The van der Waals surface area contributed by atoms with Crippen LogP contribution in [0.1, 0.15) is 58.9 Å². The van der Waals surface area contributed by atoms with Crippen molar-refractivity contribution in [3.05, 3.63) is 28.0 Å². The minimum Gasteiger partial charge on any atom is -0.336 e. The molecular weight excluding hydrogens is 383 g/mol. The van der Waals surface area contributed by atoms with E-state index in [1.165, 1.54) is 0 Å². The predicted molar refractivity (Wildman–Crippen MR) is 90.6 cm³/mol. The number of hydrogen-bond acceptors (Lipinski definition) is 7. The van der Waals surface area contributed by atoms with Crippen LogP contribution >= 0.6 is 11.3 Å². The van der Waals surface area contributed by atoms with E-state index in [1.54, 1.807) is 6.07 Å². The molecule has 3 aromatic heterocycles. The van der Waals surface area contributed by atoms with Gasteiger partial charge in [-0.15, -0.1) is 10.2 Å². The fraction of sp³-hybridized carbons (Fsp3) is 0.438. The third-order valence-corrected chi connectivity index (χ3v) is 5.04. The minimum atomic E-state index is -4.60. The minimum absolute atomic E-state index is 0.223. The first-order valence-corrected chi connectivity index (χ1v) is 9.19. The second kappa shape index (κ2) is 6.55. The van der Waals surface area contributed by atoms with E-state index in [2.05, 4.69) is 25.7 Å². The van der Waals surface area contributed by atoms with Gasteiger partial charge in [0.2, 0.25) is 10.1 Å². The molecular formula is C16H14F3N5O2S. The number of fused-ring (bicyclic) bond motifs is 1. The van der Waals surface area contributed by atoms with Crippen molar-refractivity contribution in [1.82, 2.24) is 20.3 Å². The largest absolute Gasteiger partial charge is 0.445 e. The van der Waals surface area contributed by atoms with Gasteiger partial charge in [0, 0.05) is 11.6 Å². The number of anilines is 1. The van der Waals surface area contributed by atoms with Crippen molar-refractivity contribution in [2.24, 2.45) is 0 Å². The van der Waals surface area contributed by atoms with E-state index in [0.717, 1.165) is 25.0 Å². The highest BCUT2D eigenvalue weighted by Gasteiger charge is 2.36. The lowest BCUT2D eigenvalue weighted by molar-refractivity contribution is -0.138. The molecule has 7 nitrogen and oxygen atoms in total. The highest BCUT2D eigenvalue weighted by Crippen LogP contribution is 2.41. The summed E-state index contributed by atoms with van der Waals surface area (Å²) >= 11 is 0.274. The van der Waals surface area contributed by atoms with Crippen LogP contribution in [0, 0.1) is 0 Å². The van der Waals surface area contributed by atoms with E-state index in [9.17, 15) is 18.0 Å². The van der Waals surface area contributed by atoms with Gasteiger partial charge in [0.15, 0.2) is 0 Å². The zero-order valence-electron chi connectivity index (χ0n) is 14.1. The number of hydrogen-bond donors (Lipinski definition) is 1. The Morgan fingerprint density at radius 1 is 1.37 bits per heavy atom. The molecule has 11 heteroatoms. The van der Waals surface area contributed by atoms with Gasteiger partial charge >= 0.3 is 6.18 Å². The SMILES string of the molecule is CCCc1noc2nc(C3CC3)cc(C(=O)Nc3nnc(C(F)(F)F)s3)c12. The number of alkyl halides is 3. The molecule has 1 amide bonds. The summed E-state index contributed by atoms with van der Waals surface area (Å²) in [5, 5.41) is 12.0. The molecule has 1 aliphatic carbocycles. The van der Waals surface area contributed by atoms with Crippen molar-refractivity contribution >= 4 is 33.5 Å². The highest BCUT2D eigenvalue weighted by atomic mass is 32.1. The second-order valence-corrected chi connectivity index (χ2v) is 7.27. The fourth-order valence-electron chi connectivity index (χ4n) is 2.76. The molecule has 3 aromatic rings. The van der Waals surface area contributed by atoms with Crippen LogP contribution in [0.25, 0.3) is 11.1 Å². The van der Waals surface area contributed by atoms with Crippen molar-refractivity contribution in [3.8, 4) is 0 Å². The van der Waals surface area contributed by atoms with Crippen LogP contribution in [0.4, 0.5) is 18.3 Å². The van der Waals surface area contributed by atoms with Crippen LogP contribution in [0.2, 0.25) is 0 Å². The number of carbonyl (C=O) groups is 1. The van der Waals surface area contributed by atoms with Gasteiger partial charge in [-0.25, -0.2) is 4.98 Å². The first-order chi connectivity index (χ1) is 12.9. The molecule has 0 radical (unpaired) electrons. The maximum absolute atomic E-state index is 12.8. The first kappa shape index (κ1) is 17.8. The molecule has 0 spiro atoms. The Labute approximate surface area is 155 Å². The number of pyridine rings is 1. The van der Waals surface area contributed by atoms with Crippen LogP contribution in [0.5, 0.6) is 0 Å². The number of halogens is 3. The monoisotopic (exact) mass is 397 g/mol. The van der Waals surface area contributed by atoms with Crippen LogP contribution in [0.3, 0.4) is 0 Å². The molecule has 1 saturated carbocycles. The summed E-state index contributed by atoms with van der Waals surface area (Å²) < 4.78 is 43.3. The number of aryl methyl sites for hydroxylation is 1. The molecule has 1 aliphatic rings. The van der Waals surface area contributed by atoms with E-state index < -0.39 is 17.1 Å². The highest BCUT2D eigenvalue weighted by molar-refractivity contribution is 7.15. The van der Waals surface area contributed by atoms with E-state index in [4.69, 9.17) is 4.52 Å². The first-order valence-electron chi connectivity index (χ1n) is 8.38. The van der Waals surface area contributed by atoms with Crippen LogP contribution < -0.4 is 5.32 Å². The van der Waals surface area contributed by atoms with Gasteiger partial charge in [0.1, 0.15) is 0 Å². The number of nitrogens with zero attached hydrogens (tertiary/aromatic N) is 4. The van der Waals surface area contributed by atoms with Gasteiger partial charge in [-0.2, -0.15) is 13.2 Å². The summed E-state index contributed by atoms with van der Waals surface area (Å²) in [7, 11) is 0. The Morgan fingerprint density at radius 3 is 2.78 bits per heavy atom. The average molecular weight is 397 g/mol. The Hall–Kier alpha value is -2.56. The molecule has 3 heterocycles. The lowest BCUT2D eigenvalue weighted by Gasteiger charge is -2.06. The molecule has 0 saturated heterocycles. The van der Waals surface area contributed by atoms with E-state index in [1.807, 2.05) is 6.92 Å². The maximum Gasteiger partial charge on any atom is 0.445 e. The molecule has 0 atom stereocenters. The second-order valence-electron chi connectivity index (χ2n) is 6.29. The van der Waals surface area contributed by atoms with Crippen LogP contribution in [0.15, 0.2) is 10.6 Å². The zero-order chi connectivity index (χ0) is 19.2. The predicted octanol–water partition coefficient (Wildman–Crippen LogP) is 4.18. The van der Waals surface area contributed by atoms with Gasteiger partial charge in [-0.05, 0) is 25.3 Å². The third kappa shape index (κ3) is 3.51. The number of nitrogens with one attached hydrogen (secondary N) is 1. The topological polar surface area (TPSA) is 93.8 Å². The molecule has 0 bridgehead atoms. The Morgan fingerprint density at radius 2 is 2.15 bits per heavy atom.